The molecule has 1 unspecified atom stereocenters. The summed E-state index contributed by atoms with van der Waals surface area (Å²) in [4.78, 5) is 26.8. The number of aromatic nitrogens is 1. The number of halogens is 1. The molecule has 1 atom stereocenters. The van der Waals surface area contributed by atoms with Crippen LogP contribution in [-0.2, 0) is 15.6 Å². The summed E-state index contributed by atoms with van der Waals surface area (Å²) < 4.78 is 17.3. The molecule has 0 radical (unpaired) electrons. The van der Waals surface area contributed by atoms with Gasteiger partial charge in [0.2, 0.25) is 5.12 Å². The third kappa shape index (κ3) is 4.30. The molecule has 0 aliphatic rings. The van der Waals surface area contributed by atoms with Crippen molar-refractivity contribution >= 4 is 39.2 Å². The fraction of sp³-hybridized carbons (Fsp3) is 0.133. The first-order valence-corrected chi connectivity index (χ1v) is 8.16. The Kier molecular flexibility index (Phi) is 5.88. The minimum absolute atomic E-state index is 0.0920. The fourth-order valence-corrected chi connectivity index (χ4v) is 2.81. The number of anilines is 1. The van der Waals surface area contributed by atoms with Crippen LogP contribution in [0.2, 0.25) is 5.02 Å². The van der Waals surface area contributed by atoms with E-state index in [1.807, 2.05) is 0 Å². The van der Waals surface area contributed by atoms with E-state index in [0.29, 0.717) is 16.5 Å². The largest absolute Gasteiger partial charge is 0.495 e. The summed E-state index contributed by atoms with van der Waals surface area (Å²) in [5.74, 6) is -0.714. The minimum Gasteiger partial charge on any atom is -0.495 e. The summed E-state index contributed by atoms with van der Waals surface area (Å²) in [6.45, 7) is -0.262. The van der Waals surface area contributed by atoms with Crippen LogP contribution in [0.15, 0.2) is 41.6 Å². The SMILES string of the molecule is COc1ccc(Cl)cc1NCC(=O)S(=O)c1cc(C(=O)O)ccn1. The monoisotopic (exact) mass is 368 g/mol. The van der Waals surface area contributed by atoms with Gasteiger partial charge in [-0.15, -0.1) is 0 Å². The number of rotatable bonds is 6. The number of ether oxygens (including phenoxy) is 1. The number of hydrogen-bond acceptors (Lipinski definition) is 6. The van der Waals surface area contributed by atoms with E-state index in [0.717, 1.165) is 6.07 Å². The lowest BCUT2D eigenvalue weighted by atomic mass is 10.3. The van der Waals surface area contributed by atoms with Crippen LogP contribution in [0.5, 0.6) is 5.75 Å². The summed E-state index contributed by atoms with van der Waals surface area (Å²) >= 11 is 5.89. The molecule has 1 aromatic heterocycles. The van der Waals surface area contributed by atoms with Crippen molar-refractivity contribution in [3.8, 4) is 5.75 Å². The molecule has 0 bridgehead atoms. The van der Waals surface area contributed by atoms with Gasteiger partial charge in [0.05, 0.1) is 24.9 Å². The smallest absolute Gasteiger partial charge is 0.335 e. The van der Waals surface area contributed by atoms with Crippen LogP contribution in [0, 0.1) is 0 Å². The Morgan fingerprint density at radius 1 is 1.33 bits per heavy atom. The van der Waals surface area contributed by atoms with E-state index in [9.17, 15) is 13.8 Å². The lowest BCUT2D eigenvalue weighted by Gasteiger charge is -2.10. The Hall–Kier alpha value is -2.45. The maximum Gasteiger partial charge on any atom is 0.335 e. The van der Waals surface area contributed by atoms with E-state index in [2.05, 4.69) is 10.3 Å². The van der Waals surface area contributed by atoms with Crippen LogP contribution in [0.3, 0.4) is 0 Å². The number of pyridine rings is 1. The van der Waals surface area contributed by atoms with E-state index < -0.39 is 21.9 Å². The highest BCUT2D eigenvalue weighted by molar-refractivity contribution is 8.00. The second-order valence-corrected chi connectivity index (χ2v) is 6.37. The van der Waals surface area contributed by atoms with E-state index in [1.54, 1.807) is 18.2 Å². The highest BCUT2D eigenvalue weighted by atomic mass is 35.5. The predicted molar refractivity (Wildman–Crippen MR) is 89.1 cm³/mol. The van der Waals surface area contributed by atoms with Gasteiger partial charge in [0.1, 0.15) is 21.6 Å². The zero-order valence-corrected chi connectivity index (χ0v) is 14.1. The van der Waals surface area contributed by atoms with Gasteiger partial charge < -0.3 is 15.2 Å². The minimum atomic E-state index is -2.09. The number of aromatic carboxylic acids is 1. The summed E-state index contributed by atoms with van der Waals surface area (Å²) in [5, 5.41) is 11.4. The summed E-state index contributed by atoms with van der Waals surface area (Å²) in [7, 11) is -0.624. The van der Waals surface area contributed by atoms with Gasteiger partial charge in [-0.3, -0.25) is 4.79 Å². The molecule has 0 amide bonds. The van der Waals surface area contributed by atoms with E-state index >= 15 is 0 Å². The lowest BCUT2D eigenvalue weighted by Crippen LogP contribution is -2.20. The Balaban J connectivity index is 2.10. The van der Waals surface area contributed by atoms with Crippen LogP contribution < -0.4 is 10.1 Å². The summed E-state index contributed by atoms with van der Waals surface area (Å²) in [6.07, 6.45) is 1.19. The Morgan fingerprint density at radius 2 is 2.08 bits per heavy atom. The van der Waals surface area contributed by atoms with Crippen LogP contribution in [-0.4, -0.2) is 39.0 Å². The van der Waals surface area contributed by atoms with Gasteiger partial charge in [-0.05, 0) is 30.3 Å². The predicted octanol–water partition coefficient (Wildman–Crippen LogP) is 2.19. The second-order valence-electron chi connectivity index (χ2n) is 4.53. The van der Waals surface area contributed by atoms with Gasteiger partial charge >= 0.3 is 5.97 Å². The molecule has 2 aromatic rings. The van der Waals surface area contributed by atoms with Gasteiger partial charge in [-0.2, -0.15) is 0 Å². The van der Waals surface area contributed by atoms with Crippen LogP contribution in [0.25, 0.3) is 0 Å². The number of carbonyl (C=O) groups is 2. The molecule has 0 saturated carbocycles. The third-order valence-corrected chi connectivity index (χ3v) is 4.36. The van der Waals surface area contributed by atoms with Crippen molar-refractivity contribution < 1.29 is 23.6 Å². The molecule has 9 heteroatoms. The average molecular weight is 369 g/mol. The second kappa shape index (κ2) is 7.89. The maximum atomic E-state index is 12.2. The molecular weight excluding hydrogens is 356 g/mol. The maximum absolute atomic E-state index is 12.2. The molecule has 0 spiro atoms. The number of carboxylic acid groups (broad SMARTS) is 1. The molecule has 2 N–H and O–H groups in total. The number of carboxylic acids is 1. The number of benzene rings is 1. The molecule has 2 rings (SSSR count). The molecule has 0 fully saturated rings. The number of nitrogens with one attached hydrogen (secondary N) is 1. The summed E-state index contributed by atoms with van der Waals surface area (Å²) in [6, 6.07) is 7.19. The number of hydrogen-bond donors (Lipinski definition) is 2. The molecule has 1 heterocycles. The normalized spacial score (nSPS) is 11.6. The van der Waals surface area contributed by atoms with Gasteiger partial charge in [0.15, 0.2) is 0 Å². The molecule has 7 nitrogen and oxygen atoms in total. The zero-order chi connectivity index (χ0) is 17.7. The van der Waals surface area contributed by atoms with Crippen molar-refractivity contribution in [2.24, 2.45) is 0 Å². The van der Waals surface area contributed by atoms with Crippen molar-refractivity contribution in [1.29, 1.82) is 0 Å². The third-order valence-electron chi connectivity index (χ3n) is 2.96. The average Bonchev–Trinajstić information content (AvgIpc) is 2.59. The number of nitrogens with zero attached hydrogens (tertiary/aromatic N) is 1. The van der Waals surface area contributed by atoms with Gasteiger partial charge in [-0.25, -0.2) is 14.0 Å². The molecule has 24 heavy (non-hydrogen) atoms. The first-order chi connectivity index (χ1) is 11.4. The van der Waals surface area contributed by atoms with E-state index in [-0.39, 0.29) is 17.1 Å². The first kappa shape index (κ1) is 17.9. The number of methoxy groups -OCH3 is 1. The van der Waals surface area contributed by atoms with Crippen LogP contribution in [0.4, 0.5) is 5.69 Å². The zero-order valence-electron chi connectivity index (χ0n) is 12.5. The molecule has 0 aliphatic carbocycles. The Morgan fingerprint density at radius 3 is 2.75 bits per heavy atom. The Labute approximate surface area is 145 Å². The summed E-state index contributed by atoms with van der Waals surface area (Å²) in [5.41, 5.74) is 0.383. The highest BCUT2D eigenvalue weighted by Gasteiger charge is 2.18. The molecule has 0 aliphatic heterocycles. The Bertz CT molecular complexity index is 812. The highest BCUT2D eigenvalue weighted by Crippen LogP contribution is 2.27. The fourth-order valence-electron chi connectivity index (χ4n) is 1.81. The number of carbonyl (C=O) groups excluding carboxylic acids is 1. The lowest BCUT2D eigenvalue weighted by molar-refractivity contribution is -0.109. The van der Waals surface area contributed by atoms with Crippen molar-refractivity contribution in [2.45, 2.75) is 5.03 Å². The van der Waals surface area contributed by atoms with Crippen molar-refractivity contribution in [3.05, 3.63) is 47.1 Å². The van der Waals surface area contributed by atoms with E-state index in [4.69, 9.17) is 21.4 Å². The first-order valence-electron chi connectivity index (χ1n) is 6.63. The molecule has 0 saturated heterocycles. The van der Waals surface area contributed by atoms with Crippen molar-refractivity contribution in [3.63, 3.8) is 0 Å². The van der Waals surface area contributed by atoms with Gasteiger partial charge in [-0.1, -0.05) is 11.6 Å². The van der Waals surface area contributed by atoms with Gasteiger partial charge in [0, 0.05) is 11.2 Å². The van der Waals surface area contributed by atoms with E-state index in [1.165, 1.54) is 19.4 Å². The molecular formula is C15H13ClN2O5S. The van der Waals surface area contributed by atoms with Crippen LogP contribution in [0.1, 0.15) is 10.4 Å². The molecule has 1 aromatic carbocycles. The van der Waals surface area contributed by atoms with Crippen LogP contribution >= 0.6 is 11.6 Å². The standard InChI is InChI=1S/C15H13ClN2O5S/c1-23-12-3-2-10(16)7-11(12)18-8-14(19)24(22)13-6-9(15(20)21)4-5-17-13/h2-7,18H,8H2,1H3,(H,20,21). The van der Waals surface area contributed by atoms with Crippen molar-refractivity contribution in [2.75, 3.05) is 19.0 Å². The topological polar surface area (TPSA) is 106 Å². The van der Waals surface area contributed by atoms with Crippen molar-refractivity contribution in [1.82, 2.24) is 4.98 Å². The molecule has 126 valence electrons. The quantitative estimate of drug-likeness (QED) is 0.804. The van der Waals surface area contributed by atoms with Gasteiger partial charge in [0.25, 0.3) is 0 Å².